The summed E-state index contributed by atoms with van der Waals surface area (Å²) in [6, 6.07) is 23.2. The van der Waals surface area contributed by atoms with Crippen molar-refractivity contribution in [3.8, 4) is 0 Å². The third kappa shape index (κ3) is 6.95. The van der Waals surface area contributed by atoms with E-state index < -0.39 is 23.8 Å². The maximum Gasteiger partial charge on any atom is 0.320 e. The van der Waals surface area contributed by atoms with Crippen LogP contribution in [0.5, 0.6) is 0 Å². The van der Waals surface area contributed by atoms with Gasteiger partial charge in [0.05, 0.1) is 0 Å². The Hall–Kier alpha value is -4.10. The summed E-state index contributed by atoms with van der Waals surface area (Å²) in [5.74, 6) is -2.41. The van der Waals surface area contributed by atoms with Crippen molar-refractivity contribution in [2.75, 3.05) is 0 Å². The highest BCUT2D eigenvalue weighted by Gasteiger charge is 2.19. The molecule has 33 heavy (non-hydrogen) atoms. The number of amides is 2. The van der Waals surface area contributed by atoms with Crippen LogP contribution < -0.4 is 10.6 Å². The Balaban J connectivity index is 1.50. The van der Waals surface area contributed by atoms with Crippen LogP contribution in [0.4, 0.5) is 0 Å². The summed E-state index contributed by atoms with van der Waals surface area (Å²) in [5, 5.41) is 14.6. The van der Waals surface area contributed by atoms with Crippen LogP contribution >= 0.6 is 0 Å². The average molecular weight is 444 g/mol. The number of imide groups is 1. The van der Waals surface area contributed by atoms with Crippen LogP contribution in [0, 0.1) is 0 Å². The van der Waals surface area contributed by atoms with Gasteiger partial charge in [-0.3, -0.25) is 24.5 Å². The van der Waals surface area contributed by atoms with E-state index in [1.807, 2.05) is 36.4 Å². The molecule has 0 aliphatic carbocycles. The molecule has 3 aromatic rings. The number of nitrogens with one attached hydrogen (secondary N) is 2. The number of hydrogen-bond donors (Lipinski definition) is 3. The summed E-state index contributed by atoms with van der Waals surface area (Å²) in [5.41, 5.74) is 2.12. The molecule has 0 heterocycles. The Morgan fingerprint density at radius 2 is 1.27 bits per heavy atom. The molecule has 0 saturated carbocycles. The lowest BCUT2D eigenvalue weighted by Crippen LogP contribution is -2.38. The third-order valence-corrected chi connectivity index (χ3v) is 5.05. The minimum atomic E-state index is -1.07. The second-order valence-corrected chi connectivity index (χ2v) is 7.45. The fraction of sp³-hybridized carbons (Fsp3) is 0.154. The number of carbonyl (C=O) groups excluding carboxylic acids is 3. The molecule has 0 spiro atoms. The largest absolute Gasteiger partial charge is 0.480 e. The molecule has 3 aromatic carbocycles. The number of carboxylic acids is 1. The zero-order chi connectivity index (χ0) is 23.6. The van der Waals surface area contributed by atoms with Gasteiger partial charge < -0.3 is 10.4 Å². The highest BCUT2D eigenvalue weighted by atomic mass is 16.4. The van der Waals surface area contributed by atoms with Gasteiger partial charge in [0.1, 0.15) is 6.04 Å². The van der Waals surface area contributed by atoms with Gasteiger partial charge in [-0.25, -0.2) is 0 Å². The van der Waals surface area contributed by atoms with Crippen molar-refractivity contribution < 1.29 is 24.3 Å². The van der Waals surface area contributed by atoms with Crippen molar-refractivity contribution in [3.63, 3.8) is 0 Å². The molecule has 0 aromatic heterocycles. The fourth-order valence-corrected chi connectivity index (χ4v) is 3.22. The van der Waals surface area contributed by atoms with Gasteiger partial charge in [-0.05, 0) is 24.1 Å². The Morgan fingerprint density at radius 3 is 1.88 bits per heavy atom. The van der Waals surface area contributed by atoms with Crippen LogP contribution in [0.3, 0.4) is 0 Å². The van der Waals surface area contributed by atoms with Gasteiger partial charge >= 0.3 is 5.97 Å². The number of aliphatic carboxylic acids is 1. The van der Waals surface area contributed by atoms with E-state index in [1.54, 1.807) is 24.3 Å². The SMILES string of the molecule is O=C(CC[C@H](NCc1ccccc1)C(=O)O)NC(=O)c1ccc(C(=O)c2ccccc2)cc1. The number of benzene rings is 3. The van der Waals surface area contributed by atoms with Gasteiger partial charge in [0.15, 0.2) is 5.78 Å². The second kappa shape index (κ2) is 11.5. The summed E-state index contributed by atoms with van der Waals surface area (Å²) >= 11 is 0. The van der Waals surface area contributed by atoms with E-state index in [4.69, 9.17) is 0 Å². The lowest BCUT2D eigenvalue weighted by atomic mass is 10.0. The molecule has 1 atom stereocenters. The lowest BCUT2D eigenvalue weighted by molar-refractivity contribution is -0.139. The summed E-state index contributed by atoms with van der Waals surface area (Å²) in [4.78, 5) is 48.5. The van der Waals surface area contributed by atoms with Crippen molar-refractivity contribution >= 4 is 23.6 Å². The van der Waals surface area contributed by atoms with E-state index in [2.05, 4.69) is 10.6 Å². The summed E-state index contributed by atoms with van der Waals surface area (Å²) < 4.78 is 0. The van der Waals surface area contributed by atoms with Gasteiger partial charge in [-0.1, -0.05) is 72.8 Å². The number of ketones is 1. The molecular formula is C26H24N2O5. The van der Waals surface area contributed by atoms with Gasteiger partial charge in [-0.15, -0.1) is 0 Å². The molecule has 0 saturated heterocycles. The quantitative estimate of drug-likeness (QED) is 0.414. The standard InChI is InChI=1S/C26H24N2O5/c29-23(16-15-22(26(32)33)27-17-18-7-3-1-4-8-18)28-25(31)21-13-11-20(12-14-21)24(30)19-9-5-2-6-10-19/h1-14,22,27H,15-17H2,(H,32,33)(H,28,29,31)/t22-/m0/s1. The molecule has 7 heteroatoms. The molecule has 3 N–H and O–H groups in total. The topological polar surface area (TPSA) is 113 Å². The first-order valence-corrected chi connectivity index (χ1v) is 10.5. The van der Waals surface area contributed by atoms with Crippen molar-refractivity contribution in [3.05, 3.63) is 107 Å². The average Bonchev–Trinajstić information content (AvgIpc) is 2.84. The molecule has 2 amide bonds. The molecular weight excluding hydrogens is 420 g/mol. The van der Waals surface area contributed by atoms with Crippen LogP contribution in [0.1, 0.15) is 44.7 Å². The molecule has 0 fully saturated rings. The summed E-state index contributed by atoms with van der Waals surface area (Å²) in [6.07, 6.45) is -0.0964. The van der Waals surface area contributed by atoms with Crippen molar-refractivity contribution in [2.45, 2.75) is 25.4 Å². The Kier molecular flexibility index (Phi) is 8.21. The first kappa shape index (κ1) is 23.6. The monoisotopic (exact) mass is 444 g/mol. The maximum atomic E-state index is 12.4. The van der Waals surface area contributed by atoms with E-state index in [0.717, 1.165) is 5.56 Å². The highest BCUT2D eigenvalue weighted by molar-refractivity contribution is 6.10. The molecule has 7 nitrogen and oxygen atoms in total. The smallest absolute Gasteiger partial charge is 0.320 e. The van der Waals surface area contributed by atoms with E-state index >= 15 is 0 Å². The predicted octanol–water partition coefficient (Wildman–Crippen LogP) is 3.20. The van der Waals surface area contributed by atoms with Gasteiger partial charge in [0.2, 0.25) is 5.91 Å². The Labute approximate surface area is 191 Å². The molecule has 0 aliphatic rings. The first-order valence-electron chi connectivity index (χ1n) is 10.5. The van der Waals surface area contributed by atoms with Crippen LogP contribution in [0.25, 0.3) is 0 Å². The number of carboxylic acid groups (broad SMARTS) is 1. The minimum absolute atomic E-state index is 0.0335. The van der Waals surface area contributed by atoms with E-state index in [1.165, 1.54) is 24.3 Å². The lowest BCUT2D eigenvalue weighted by Gasteiger charge is -2.14. The zero-order valence-corrected chi connectivity index (χ0v) is 17.9. The minimum Gasteiger partial charge on any atom is -0.480 e. The van der Waals surface area contributed by atoms with Crippen LogP contribution in [0.2, 0.25) is 0 Å². The zero-order valence-electron chi connectivity index (χ0n) is 17.9. The van der Waals surface area contributed by atoms with E-state index in [-0.39, 0.29) is 24.2 Å². The Morgan fingerprint density at radius 1 is 0.727 bits per heavy atom. The molecule has 0 radical (unpaired) electrons. The summed E-state index contributed by atoms with van der Waals surface area (Å²) in [7, 11) is 0. The van der Waals surface area contributed by atoms with Gasteiger partial charge in [0, 0.05) is 29.7 Å². The summed E-state index contributed by atoms with van der Waals surface area (Å²) in [6.45, 7) is 0.354. The fourth-order valence-electron chi connectivity index (χ4n) is 3.22. The normalized spacial score (nSPS) is 11.4. The number of carbonyl (C=O) groups is 4. The first-order chi connectivity index (χ1) is 15.9. The van der Waals surface area contributed by atoms with Gasteiger partial charge in [0.25, 0.3) is 5.91 Å². The van der Waals surface area contributed by atoms with E-state index in [9.17, 15) is 24.3 Å². The maximum absolute atomic E-state index is 12.4. The van der Waals surface area contributed by atoms with E-state index in [0.29, 0.717) is 17.7 Å². The van der Waals surface area contributed by atoms with Crippen molar-refractivity contribution in [1.29, 1.82) is 0 Å². The number of hydrogen-bond acceptors (Lipinski definition) is 5. The predicted molar refractivity (Wildman–Crippen MR) is 123 cm³/mol. The second-order valence-electron chi connectivity index (χ2n) is 7.45. The van der Waals surface area contributed by atoms with Crippen LogP contribution in [-0.4, -0.2) is 34.7 Å². The Bertz CT molecular complexity index is 1110. The van der Waals surface area contributed by atoms with Gasteiger partial charge in [-0.2, -0.15) is 0 Å². The highest BCUT2D eigenvalue weighted by Crippen LogP contribution is 2.11. The molecule has 0 unspecified atom stereocenters. The molecule has 168 valence electrons. The third-order valence-electron chi connectivity index (χ3n) is 5.05. The number of rotatable bonds is 10. The van der Waals surface area contributed by atoms with Crippen molar-refractivity contribution in [1.82, 2.24) is 10.6 Å². The van der Waals surface area contributed by atoms with Crippen molar-refractivity contribution in [2.24, 2.45) is 0 Å². The molecule has 0 bridgehead atoms. The molecule has 3 rings (SSSR count). The van der Waals surface area contributed by atoms with Crippen LogP contribution in [0.15, 0.2) is 84.9 Å². The molecule has 0 aliphatic heterocycles. The van der Waals surface area contributed by atoms with Crippen LogP contribution in [-0.2, 0) is 16.1 Å².